The van der Waals surface area contributed by atoms with Gasteiger partial charge in [0.1, 0.15) is 5.56 Å². The molecule has 0 fully saturated rings. The Morgan fingerprint density at radius 2 is 2.25 bits per heavy atom. The Morgan fingerprint density at radius 1 is 1.45 bits per heavy atom. The molecule has 0 atom stereocenters. The summed E-state index contributed by atoms with van der Waals surface area (Å²) in [6.45, 7) is 2.24. The van der Waals surface area contributed by atoms with Crippen molar-refractivity contribution in [3.63, 3.8) is 0 Å². The van der Waals surface area contributed by atoms with Crippen molar-refractivity contribution >= 4 is 12.0 Å². The number of methoxy groups -OCH3 is 1. The van der Waals surface area contributed by atoms with Gasteiger partial charge in [-0.2, -0.15) is 5.10 Å². The second-order valence-corrected chi connectivity index (χ2v) is 4.17. The van der Waals surface area contributed by atoms with Gasteiger partial charge in [0.05, 0.1) is 18.5 Å². The lowest BCUT2D eigenvalue weighted by Crippen LogP contribution is -2.04. The summed E-state index contributed by atoms with van der Waals surface area (Å²) in [6, 6.07) is 3.67. The summed E-state index contributed by atoms with van der Waals surface area (Å²) in [7, 11) is 1.63. The van der Waals surface area contributed by atoms with E-state index in [9.17, 15) is 4.79 Å². The van der Waals surface area contributed by atoms with Crippen LogP contribution in [0.5, 0.6) is 0 Å². The van der Waals surface area contributed by atoms with E-state index in [1.54, 1.807) is 26.3 Å². The van der Waals surface area contributed by atoms with Gasteiger partial charge in [-0.25, -0.2) is 14.5 Å². The number of carbonyl (C=O) groups is 1. The van der Waals surface area contributed by atoms with Crippen molar-refractivity contribution in [1.29, 1.82) is 0 Å². The Labute approximate surface area is 116 Å². The average Bonchev–Trinajstić information content (AvgIpc) is 2.82. The molecule has 0 unspecified atom stereocenters. The predicted molar refractivity (Wildman–Crippen MR) is 74.0 cm³/mol. The van der Waals surface area contributed by atoms with Gasteiger partial charge in [-0.3, -0.25) is 0 Å². The number of ether oxygens (including phenoxy) is 1. The van der Waals surface area contributed by atoms with E-state index in [1.807, 2.05) is 18.2 Å². The highest BCUT2D eigenvalue weighted by atomic mass is 16.5. The maximum atomic E-state index is 11.0. The number of hydrogen-bond acceptors (Lipinski definition) is 4. The standard InChI is InChI=1S/C14H15N3O3/c1-10-12(14(18)19)9-16-17(10)13-6-5-11(8-15-13)4-3-7-20-2/h3-6,8-9H,7H2,1-2H3,(H,18,19). The van der Waals surface area contributed by atoms with E-state index in [4.69, 9.17) is 9.84 Å². The molecule has 0 radical (unpaired) electrons. The molecule has 104 valence electrons. The van der Waals surface area contributed by atoms with Gasteiger partial charge in [0.25, 0.3) is 0 Å². The lowest BCUT2D eigenvalue weighted by Gasteiger charge is -2.03. The molecule has 2 heterocycles. The van der Waals surface area contributed by atoms with Crippen LogP contribution in [-0.4, -0.2) is 39.6 Å². The Balaban J connectivity index is 2.24. The van der Waals surface area contributed by atoms with E-state index in [-0.39, 0.29) is 5.56 Å². The van der Waals surface area contributed by atoms with E-state index < -0.39 is 5.97 Å². The minimum atomic E-state index is -0.993. The number of rotatable bonds is 5. The van der Waals surface area contributed by atoms with Crippen molar-refractivity contribution in [2.24, 2.45) is 0 Å². The van der Waals surface area contributed by atoms with Crippen molar-refractivity contribution in [3.8, 4) is 5.82 Å². The van der Waals surface area contributed by atoms with Gasteiger partial charge in [0.15, 0.2) is 5.82 Å². The summed E-state index contributed by atoms with van der Waals surface area (Å²) in [6.07, 6.45) is 6.81. The lowest BCUT2D eigenvalue weighted by molar-refractivity contribution is 0.0696. The van der Waals surface area contributed by atoms with Crippen LogP contribution in [0.3, 0.4) is 0 Å². The number of hydrogen-bond donors (Lipinski definition) is 1. The van der Waals surface area contributed by atoms with Gasteiger partial charge >= 0.3 is 5.97 Å². The van der Waals surface area contributed by atoms with Crippen molar-refractivity contribution < 1.29 is 14.6 Å². The van der Waals surface area contributed by atoms with E-state index in [0.29, 0.717) is 18.1 Å². The molecule has 2 aromatic rings. The summed E-state index contributed by atoms with van der Waals surface area (Å²) in [5.74, 6) is -0.410. The minimum Gasteiger partial charge on any atom is -0.478 e. The van der Waals surface area contributed by atoms with Crippen LogP contribution < -0.4 is 0 Å². The number of carboxylic acids is 1. The molecule has 20 heavy (non-hydrogen) atoms. The fraction of sp³-hybridized carbons (Fsp3) is 0.214. The number of pyridine rings is 1. The van der Waals surface area contributed by atoms with Gasteiger partial charge in [0, 0.05) is 13.3 Å². The Kier molecular flexibility index (Phi) is 4.27. The largest absolute Gasteiger partial charge is 0.478 e. The van der Waals surface area contributed by atoms with Crippen molar-refractivity contribution in [3.05, 3.63) is 47.4 Å². The van der Waals surface area contributed by atoms with Crippen molar-refractivity contribution in [2.45, 2.75) is 6.92 Å². The van der Waals surface area contributed by atoms with Crippen LogP contribution in [0, 0.1) is 6.92 Å². The minimum absolute atomic E-state index is 0.177. The zero-order valence-corrected chi connectivity index (χ0v) is 11.3. The third-order valence-electron chi connectivity index (χ3n) is 2.80. The molecule has 6 heteroatoms. The second-order valence-electron chi connectivity index (χ2n) is 4.17. The first-order chi connectivity index (χ1) is 9.63. The van der Waals surface area contributed by atoms with Crippen LogP contribution in [0.25, 0.3) is 11.9 Å². The lowest BCUT2D eigenvalue weighted by atomic mass is 10.2. The molecule has 0 aromatic carbocycles. The summed E-state index contributed by atoms with van der Waals surface area (Å²) in [5, 5.41) is 13.0. The van der Waals surface area contributed by atoms with E-state index in [0.717, 1.165) is 5.56 Å². The highest BCUT2D eigenvalue weighted by Gasteiger charge is 2.14. The van der Waals surface area contributed by atoms with Crippen LogP contribution in [0.1, 0.15) is 21.6 Å². The first kappa shape index (κ1) is 14.0. The van der Waals surface area contributed by atoms with Crippen LogP contribution >= 0.6 is 0 Å². The molecule has 6 nitrogen and oxygen atoms in total. The van der Waals surface area contributed by atoms with Gasteiger partial charge < -0.3 is 9.84 Å². The second kappa shape index (κ2) is 6.12. The molecule has 0 amide bonds. The summed E-state index contributed by atoms with van der Waals surface area (Å²) in [4.78, 5) is 15.2. The van der Waals surface area contributed by atoms with Crippen LogP contribution in [-0.2, 0) is 4.74 Å². The summed E-state index contributed by atoms with van der Waals surface area (Å²) >= 11 is 0. The molecular weight excluding hydrogens is 258 g/mol. The maximum absolute atomic E-state index is 11.0. The van der Waals surface area contributed by atoms with Crippen molar-refractivity contribution in [2.75, 3.05) is 13.7 Å². The van der Waals surface area contributed by atoms with E-state index >= 15 is 0 Å². The summed E-state index contributed by atoms with van der Waals surface area (Å²) < 4.78 is 6.43. The van der Waals surface area contributed by atoms with Gasteiger partial charge in [-0.15, -0.1) is 0 Å². The quantitative estimate of drug-likeness (QED) is 0.900. The van der Waals surface area contributed by atoms with Crippen molar-refractivity contribution in [1.82, 2.24) is 14.8 Å². The monoisotopic (exact) mass is 273 g/mol. The topological polar surface area (TPSA) is 77.2 Å². The smallest absolute Gasteiger partial charge is 0.339 e. The number of carboxylic acid groups (broad SMARTS) is 1. The molecule has 0 bridgehead atoms. The predicted octanol–water partition coefficient (Wildman–Crippen LogP) is 1.93. The Morgan fingerprint density at radius 3 is 2.80 bits per heavy atom. The molecule has 2 aromatic heterocycles. The third-order valence-corrected chi connectivity index (χ3v) is 2.80. The van der Waals surface area contributed by atoms with Crippen LogP contribution in [0.4, 0.5) is 0 Å². The van der Waals surface area contributed by atoms with E-state index in [1.165, 1.54) is 10.9 Å². The molecule has 0 aliphatic carbocycles. The van der Waals surface area contributed by atoms with Gasteiger partial charge in [-0.1, -0.05) is 12.2 Å². The zero-order valence-electron chi connectivity index (χ0n) is 11.3. The normalized spacial score (nSPS) is 11.1. The molecule has 2 rings (SSSR count). The first-order valence-electron chi connectivity index (χ1n) is 6.03. The highest BCUT2D eigenvalue weighted by molar-refractivity contribution is 5.88. The molecular formula is C14H15N3O3. The molecule has 0 aliphatic heterocycles. The Hall–Kier alpha value is -2.47. The molecule has 0 aliphatic rings. The molecule has 1 N–H and O–H groups in total. The van der Waals surface area contributed by atoms with Gasteiger partial charge in [0.2, 0.25) is 0 Å². The molecule has 0 spiro atoms. The van der Waals surface area contributed by atoms with Crippen LogP contribution in [0.15, 0.2) is 30.6 Å². The maximum Gasteiger partial charge on any atom is 0.339 e. The van der Waals surface area contributed by atoms with E-state index in [2.05, 4.69) is 10.1 Å². The summed E-state index contributed by atoms with van der Waals surface area (Å²) in [5.41, 5.74) is 1.66. The number of nitrogens with zero attached hydrogens (tertiary/aromatic N) is 3. The fourth-order valence-electron chi connectivity index (χ4n) is 1.75. The molecule has 0 saturated carbocycles. The number of aromatic carboxylic acids is 1. The fourth-order valence-corrected chi connectivity index (χ4v) is 1.75. The average molecular weight is 273 g/mol. The van der Waals surface area contributed by atoms with Gasteiger partial charge in [-0.05, 0) is 24.6 Å². The molecule has 0 saturated heterocycles. The number of aromatic nitrogens is 3. The first-order valence-corrected chi connectivity index (χ1v) is 6.03. The Bertz CT molecular complexity index is 630. The SMILES string of the molecule is COCC=Cc1ccc(-n2ncc(C(=O)O)c2C)nc1. The highest BCUT2D eigenvalue weighted by Crippen LogP contribution is 2.13. The third kappa shape index (κ3) is 2.92. The zero-order chi connectivity index (χ0) is 14.5. The van der Waals surface area contributed by atoms with Crippen LogP contribution in [0.2, 0.25) is 0 Å².